The monoisotopic (exact) mass is 322 g/mol. The van der Waals surface area contributed by atoms with Crippen LogP contribution >= 0.6 is 0 Å². The Morgan fingerprint density at radius 3 is 2.17 bits per heavy atom. The van der Waals surface area contributed by atoms with Gasteiger partial charge in [0.25, 0.3) is 0 Å². The molecule has 122 valence electrons. The standard InChI is InChI=1S/C19H19FN4/c1-14-3-2-4-16(9-14)12-22-19-10-18(23-13-24-19)21-11-15-5-7-17(20)8-6-15/h2-10,13H,11-12H2,1H3,(H2,21,22,23,24). The second-order valence-corrected chi connectivity index (χ2v) is 5.61. The van der Waals surface area contributed by atoms with Crippen molar-refractivity contribution in [2.24, 2.45) is 0 Å². The summed E-state index contributed by atoms with van der Waals surface area (Å²) in [7, 11) is 0. The quantitative estimate of drug-likeness (QED) is 0.716. The Labute approximate surface area is 140 Å². The minimum absolute atomic E-state index is 0.233. The lowest BCUT2D eigenvalue weighted by Gasteiger charge is -2.09. The highest BCUT2D eigenvalue weighted by Gasteiger charge is 2.00. The fourth-order valence-electron chi connectivity index (χ4n) is 2.36. The Hall–Kier alpha value is -2.95. The molecule has 2 N–H and O–H groups in total. The molecule has 0 spiro atoms. The smallest absolute Gasteiger partial charge is 0.131 e. The molecule has 24 heavy (non-hydrogen) atoms. The van der Waals surface area contributed by atoms with Crippen LogP contribution in [0.3, 0.4) is 0 Å². The van der Waals surface area contributed by atoms with Crippen molar-refractivity contribution in [3.05, 3.63) is 83.4 Å². The van der Waals surface area contributed by atoms with Gasteiger partial charge in [0.1, 0.15) is 23.8 Å². The molecule has 0 aliphatic carbocycles. The van der Waals surface area contributed by atoms with E-state index in [0.29, 0.717) is 13.1 Å². The number of halogens is 1. The zero-order chi connectivity index (χ0) is 16.8. The number of nitrogens with one attached hydrogen (secondary N) is 2. The molecule has 0 radical (unpaired) electrons. The highest BCUT2D eigenvalue weighted by Crippen LogP contribution is 2.12. The van der Waals surface area contributed by atoms with Gasteiger partial charge < -0.3 is 10.6 Å². The molecule has 3 rings (SSSR count). The van der Waals surface area contributed by atoms with Crippen LogP contribution in [0.1, 0.15) is 16.7 Å². The summed E-state index contributed by atoms with van der Waals surface area (Å²) >= 11 is 0. The second-order valence-electron chi connectivity index (χ2n) is 5.61. The summed E-state index contributed by atoms with van der Waals surface area (Å²) in [5.74, 6) is 1.25. The molecule has 0 atom stereocenters. The predicted octanol–water partition coefficient (Wildman–Crippen LogP) is 4.15. The van der Waals surface area contributed by atoms with E-state index in [0.717, 1.165) is 17.2 Å². The number of hydrogen-bond donors (Lipinski definition) is 2. The van der Waals surface area contributed by atoms with Gasteiger partial charge >= 0.3 is 0 Å². The molecule has 0 amide bonds. The summed E-state index contributed by atoms with van der Waals surface area (Å²) in [5.41, 5.74) is 3.43. The zero-order valence-corrected chi connectivity index (χ0v) is 13.5. The Bertz CT molecular complexity index is 802. The van der Waals surface area contributed by atoms with Crippen LogP contribution in [0.5, 0.6) is 0 Å². The van der Waals surface area contributed by atoms with Crippen LogP contribution in [0.4, 0.5) is 16.0 Å². The average molecular weight is 322 g/mol. The maximum absolute atomic E-state index is 12.9. The van der Waals surface area contributed by atoms with Gasteiger partial charge in [-0.05, 0) is 30.2 Å². The molecule has 0 fully saturated rings. The highest BCUT2D eigenvalue weighted by atomic mass is 19.1. The Balaban J connectivity index is 1.58. The van der Waals surface area contributed by atoms with E-state index in [1.807, 2.05) is 12.1 Å². The normalized spacial score (nSPS) is 10.4. The van der Waals surface area contributed by atoms with Gasteiger partial charge in [0, 0.05) is 19.2 Å². The number of aryl methyl sites for hydroxylation is 1. The van der Waals surface area contributed by atoms with Gasteiger partial charge in [-0.15, -0.1) is 0 Å². The number of nitrogens with zero attached hydrogens (tertiary/aromatic N) is 2. The average Bonchev–Trinajstić information content (AvgIpc) is 2.60. The molecule has 5 heteroatoms. The molecule has 4 nitrogen and oxygen atoms in total. The first kappa shape index (κ1) is 15.9. The van der Waals surface area contributed by atoms with E-state index in [-0.39, 0.29) is 5.82 Å². The van der Waals surface area contributed by atoms with Crippen molar-refractivity contribution in [3.63, 3.8) is 0 Å². The molecule has 0 bridgehead atoms. The molecule has 0 saturated heterocycles. The summed E-state index contributed by atoms with van der Waals surface area (Å²) in [6.07, 6.45) is 1.52. The SMILES string of the molecule is Cc1cccc(CNc2cc(NCc3ccc(F)cc3)ncn2)c1. The topological polar surface area (TPSA) is 49.8 Å². The number of benzene rings is 2. The number of anilines is 2. The van der Waals surface area contributed by atoms with Crippen molar-refractivity contribution < 1.29 is 4.39 Å². The molecule has 0 unspecified atom stereocenters. The van der Waals surface area contributed by atoms with Crippen molar-refractivity contribution >= 4 is 11.6 Å². The molecular formula is C19H19FN4. The largest absolute Gasteiger partial charge is 0.366 e. The molecule has 1 heterocycles. The molecule has 3 aromatic rings. The van der Waals surface area contributed by atoms with Gasteiger partial charge in [0.05, 0.1) is 0 Å². The summed E-state index contributed by atoms with van der Waals surface area (Å²) in [6.45, 7) is 3.36. The zero-order valence-electron chi connectivity index (χ0n) is 13.5. The van der Waals surface area contributed by atoms with Crippen molar-refractivity contribution in [1.29, 1.82) is 0 Å². The van der Waals surface area contributed by atoms with Gasteiger partial charge in [-0.25, -0.2) is 14.4 Å². The fourth-order valence-corrected chi connectivity index (χ4v) is 2.36. The minimum Gasteiger partial charge on any atom is -0.366 e. The molecule has 0 aliphatic heterocycles. The minimum atomic E-state index is -0.233. The molecule has 0 saturated carbocycles. The van der Waals surface area contributed by atoms with Crippen LogP contribution in [0.2, 0.25) is 0 Å². The fraction of sp³-hybridized carbons (Fsp3) is 0.158. The lowest BCUT2D eigenvalue weighted by molar-refractivity contribution is 0.627. The first-order valence-corrected chi connectivity index (χ1v) is 7.79. The van der Waals surface area contributed by atoms with Gasteiger partial charge in [0.15, 0.2) is 0 Å². The lowest BCUT2D eigenvalue weighted by atomic mass is 10.1. The van der Waals surface area contributed by atoms with Gasteiger partial charge in [-0.1, -0.05) is 42.0 Å². The van der Waals surface area contributed by atoms with E-state index >= 15 is 0 Å². The Morgan fingerprint density at radius 2 is 1.50 bits per heavy atom. The van der Waals surface area contributed by atoms with E-state index < -0.39 is 0 Å². The maximum Gasteiger partial charge on any atom is 0.131 e. The van der Waals surface area contributed by atoms with Gasteiger partial charge in [0.2, 0.25) is 0 Å². The van der Waals surface area contributed by atoms with E-state index in [9.17, 15) is 4.39 Å². The van der Waals surface area contributed by atoms with Crippen LogP contribution in [0, 0.1) is 12.7 Å². The van der Waals surface area contributed by atoms with Crippen LogP contribution in [-0.2, 0) is 13.1 Å². The molecule has 2 aromatic carbocycles. The Kier molecular flexibility index (Phi) is 5.01. The van der Waals surface area contributed by atoms with Crippen LogP contribution in [0.15, 0.2) is 60.9 Å². The summed E-state index contributed by atoms with van der Waals surface area (Å²) in [4.78, 5) is 8.44. The first-order chi connectivity index (χ1) is 11.7. The number of aromatic nitrogens is 2. The third-order valence-corrected chi connectivity index (χ3v) is 3.61. The summed E-state index contributed by atoms with van der Waals surface area (Å²) < 4.78 is 12.9. The molecular weight excluding hydrogens is 303 g/mol. The molecule has 1 aromatic heterocycles. The van der Waals surface area contributed by atoms with E-state index in [4.69, 9.17) is 0 Å². The van der Waals surface area contributed by atoms with E-state index in [1.54, 1.807) is 12.1 Å². The maximum atomic E-state index is 12.9. The summed E-state index contributed by atoms with van der Waals surface area (Å²) in [5, 5.41) is 6.51. The first-order valence-electron chi connectivity index (χ1n) is 7.79. The molecule has 0 aliphatic rings. The van der Waals surface area contributed by atoms with Crippen molar-refractivity contribution in [2.45, 2.75) is 20.0 Å². The van der Waals surface area contributed by atoms with Crippen molar-refractivity contribution in [1.82, 2.24) is 9.97 Å². The predicted molar refractivity (Wildman–Crippen MR) is 94.3 cm³/mol. The van der Waals surface area contributed by atoms with Crippen LogP contribution < -0.4 is 10.6 Å². The van der Waals surface area contributed by atoms with Crippen LogP contribution in [0.25, 0.3) is 0 Å². The summed E-state index contributed by atoms with van der Waals surface area (Å²) in [6, 6.07) is 16.6. The van der Waals surface area contributed by atoms with Gasteiger partial charge in [-0.2, -0.15) is 0 Å². The number of rotatable bonds is 6. The van der Waals surface area contributed by atoms with Crippen LogP contribution in [-0.4, -0.2) is 9.97 Å². The Morgan fingerprint density at radius 1 is 0.833 bits per heavy atom. The van der Waals surface area contributed by atoms with Crippen molar-refractivity contribution in [2.75, 3.05) is 10.6 Å². The third-order valence-electron chi connectivity index (χ3n) is 3.61. The highest BCUT2D eigenvalue weighted by molar-refractivity contribution is 5.47. The second kappa shape index (κ2) is 7.55. The van der Waals surface area contributed by atoms with E-state index in [2.05, 4.69) is 45.7 Å². The van der Waals surface area contributed by atoms with Crippen molar-refractivity contribution in [3.8, 4) is 0 Å². The van der Waals surface area contributed by atoms with Gasteiger partial charge in [-0.3, -0.25) is 0 Å². The lowest BCUT2D eigenvalue weighted by Crippen LogP contribution is -2.05. The van der Waals surface area contributed by atoms with E-state index in [1.165, 1.54) is 29.6 Å². The number of hydrogen-bond acceptors (Lipinski definition) is 4. The third kappa shape index (κ3) is 4.52.